The van der Waals surface area contributed by atoms with Crippen molar-refractivity contribution in [1.29, 1.82) is 0 Å². The third kappa shape index (κ3) is 2.48. The highest BCUT2D eigenvalue weighted by molar-refractivity contribution is 5.51. The number of aromatic amines is 1. The number of hydrogen-bond acceptors (Lipinski definition) is 5. The second-order valence-electron chi connectivity index (χ2n) is 4.79. The number of nitrogens with one attached hydrogen (secondary N) is 1. The van der Waals surface area contributed by atoms with Gasteiger partial charge in [0.25, 0.3) is 5.56 Å². The van der Waals surface area contributed by atoms with Gasteiger partial charge in [-0.15, -0.1) is 0 Å². The predicted molar refractivity (Wildman–Crippen MR) is 70.3 cm³/mol. The Kier molecular flexibility index (Phi) is 3.86. The van der Waals surface area contributed by atoms with Crippen molar-refractivity contribution in [2.45, 2.75) is 18.9 Å². The third-order valence-electron chi connectivity index (χ3n) is 3.42. The molecule has 1 fully saturated rings. The fraction of sp³-hybridized carbons (Fsp3) is 0.667. The Bertz CT molecular complexity index is 458. The van der Waals surface area contributed by atoms with Crippen molar-refractivity contribution in [3.63, 3.8) is 0 Å². The molecule has 0 aromatic carbocycles. The summed E-state index contributed by atoms with van der Waals surface area (Å²) in [5.41, 5.74) is -0.227. The van der Waals surface area contributed by atoms with Crippen LogP contribution in [-0.4, -0.2) is 55.2 Å². The average molecular weight is 252 g/mol. The van der Waals surface area contributed by atoms with Gasteiger partial charge in [0, 0.05) is 19.1 Å². The lowest BCUT2D eigenvalue weighted by Gasteiger charge is -2.36. The average Bonchev–Trinajstić information content (AvgIpc) is 2.38. The molecule has 1 aromatic heterocycles. The lowest BCUT2D eigenvalue weighted by molar-refractivity contribution is 0.256. The molecule has 0 spiro atoms. The van der Waals surface area contributed by atoms with E-state index in [-0.39, 0.29) is 5.56 Å². The molecule has 1 unspecified atom stereocenters. The molecular formula is C12H20N4O2. The molecule has 1 atom stereocenters. The second-order valence-corrected chi connectivity index (χ2v) is 4.79. The maximum absolute atomic E-state index is 11.7. The van der Waals surface area contributed by atoms with Gasteiger partial charge in [-0.3, -0.25) is 4.79 Å². The summed E-state index contributed by atoms with van der Waals surface area (Å²) < 4.78 is 5.16. The molecule has 6 nitrogen and oxygen atoms in total. The zero-order chi connectivity index (χ0) is 13.1. The molecule has 1 aliphatic heterocycles. The summed E-state index contributed by atoms with van der Waals surface area (Å²) in [4.78, 5) is 22.8. The fourth-order valence-corrected chi connectivity index (χ4v) is 2.36. The maximum Gasteiger partial charge on any atom is 0.295 e. The molecule has 6 heteroatoms. The molecule has 2 heterocycles. The molecule has 0 bridgehead atoms. The predicted octanol–water partition coefficient (Wildman–Crippen LogP) is 0.309. The van der Waals surface area contributed by atoms with E-state index in [2.05, 4.69) is 33.9 Å². The SMILES string of the molecule is COc1c(N2CCCC(N(C)C)C2)nc[nH]c1=O. The number of ether oxygens (including phenoxy) is 1. The lowest BCUT2D eigenvalue weighted by Crippen LogP contribution is -2.45. The first-order valence-electron chi connectivity index (χ1n) is 6.16. The minimum atomic E-state index is -0.227. The summed E-state index contributed by atoms with van der Waals surface area (Å²) in [6.07, 6.45) is 3.70. The Morgan fingerprint density at radius 3 is 3.00 bits per heavy atom. The van der Waals surface area contributed by atoms with Gasteiger partial charge in [-0.05, 0) is 26.9 Å². The largest absolute Gasteiger partial charge is 0.489 e. The standard InChI is InChI=1S/C12H20N4O2/c1-15(2)9-5-4-6-16(7-9)11-10(18-3)12(17)14-8-13-11/h8-9H,4-7H2,1-3H3,(H,13,14,17). The molecule has 2 rings (SSSR count). The van der Waals surface area contributed by atoms with Gasteiger partial charge < -0.3 is 19.5 Å². The molecular weight excluding hydrogens is 232 g/mol. The van der Waals surface area contributed by atoms with E-state index in [0.717, 1.165) is 19.5 Å². The number of likely N-dealkylation sites (N-methyl/N-ethyl adjacent to an activating group) is 1. The monoisotopic (exact) mass is 252 g/mol. The molecule has 0 amide bonds. The number of piperidine rings is 1. The van der Waals surface area contributed by atoms with E-state index in [1.54, 1.807) is 0 Å². The van der Waals surface area contributed by atoms with E-state index in [0.29, 0.717) is 17.6 Å². The molecule has 100 valence electrons. The van der Waals surface area contributed by atoms with Crippen molar-refractivity contribution in [3.8, 4) is 5.75 Å². The number of rotatable bonds is 3. The number of H-pyrrole nitrogens is 1. The van der Waals surface area contributed by atoms with Crippen LogP contribution in [0.15, 0.2) is 11.1 Å². The molecule has 0 aliphatic carbocycles. The van der Waals surface area contributed by atoms with Crippen molar-refractivity contribution < 1.29 is 4.74 Å². The number of methoxy groups -OCH3 is 1. The van der Waals surface area contributed by atoms with Gasteiger partial charge in [-0.2, -0.15) is 0 Å². The lowest BCUT2D eigenvalue weighted by atomic mass is 10.1. The quantitative estimate of drug-likeness (QED) is 0.839. The zero-order valence-electron chi connectivity index (χ0n) is 11.1. The van der Waals surface area contributed by atoms with Crippen LogP contribution in [-0.2, 0) is 0 Å². The summed E-state index contributed by atoms with van der Waals surface area (Å²) in [6, 6.07) is 0.490. The minimum absolute atomic E-state index is 0.227. The highest BCUT2D eigenvalue weighted by Gasteiger charge is 2.25. The van der Waals surface area contributed by atoms with E-state index >= 15 is 0 Å². The Hall–Kier alpha value is -1.56. The van der Waals surface area contributed by atoms with E-state index in [9.17, 15) is 4.79 Å². The van der Waals surface area contributed by atoms with Crippen LogP contribution in [0.2, 0.25) is 0 Å². The first-order valence-corrected chi connectivity index (χ1v) is 6.16. The summed E-state index contributed by atoms with van der Waals surface area (Å²) in [7, 11) is 5.66. The topological polar surface area (TPSA) is 61.5 Å². The van der Waals surface area contributed by atoms with Gasteiger partial charge in [0.05, 0.1) is 13.4 Å². The first kappa shape index (κ1) is 12.9. The van der Waals surface area contributed by atoms with Crippen LogP contribution in [0.25, 0.3) is 0 Å². The second kappa shape index (κ2) is 5.39. The van der Waals surface area contributed by atoms with Crippen LogP contribution < -0.4 is 15.2 Å². The van der Waals surface area contributed by atoms with Gasteiger partial charge in [0.2, 0.25) is 5.75 Å². The van der Waals surface area contributed by atoms with Crippen LogP contribution in [0.4, 0.5) is 5.82 Å². The van der Waals surface area contributed by atoms with Crippen molar-refractivity contribution >= 4 is 5.82 Å². The van der Waals surface area contributed by atoms with Crippen molar-refractivity contribution in [2.75, 3.05) is 39.2 Å². The van der Waals surface area contributed by atoms with Gasteiger partial charge in [-0.1, -0.05) is 0 Å². The summed E-state index contributed by atoms with van der Waals surface area (Å²) in [5.74, 6) is 0.949. The normalized spacial score (nSPS) is 20.2. The molecule has 1 saturated heterocycles. The highest BCUT2D eigenvalue weighted by Crippen LogP contribution is 2.25. The molecule has 1 aromatic rings. The summed E-state index contributed by atoms with van der Waals surface area (Å²) >= 11 is 0. The number of hydrogen-bond donors (Lipinski definition) is 1. The Balaban J connectivity index is 2.26. The van der Waals surface area contributed by atoms with Gasteiger partial charge in [-0.25, -0.2) is 4.98 Å². The van der Waals surface area contributed by atoms with Crippen LogP contribution in [0.5, 0.6) is 5.75 Å². The van der Waals surface area contributed by atoms with Gasteiger partial charge in [0.1, 0.15) is 0 Å². The van der Waals surface area contributed by atoms with Crippen LogP contribution in [0.1, 0.15) is 12.8 Å². The first-order chi connectivity index (χ1) is 8.63. The van der Waals surface area contributed by atoms with Crippen LogP contribution in [0, 0.1) is 0 Å². The van der Waals surface area contributed by atoms with Crippen molar-refractivity contribution in [3.05, 3.63) is 16.7 Å². The van der Waals surface area contributed by atoms with Crippen LogP contribution >= 0.6 is 0 Å². The van der Waals surface area contributed by atoms with Gasteiger partial charge in [0.15, 0.2) is 5.82 Å². The molecule has 18 heavy (non-hydrogen) atoms. The zero-order valence-corrected chi connectivity index (χ0v) is 11.1. The van der Waals surface area contributed by atoms with Crippen molar-refractivity contribution in [2.24, 2.45) is 0 Å². The number of nitrogens with zero attached hydrogens (tertiary/aromatic N) is 3. The Morgan fingerprint density at radius 1 is 1.56 bits per heavy atom. The molecule has 1 N–H and O–H groups in total. The van der Waals surface area contributed by atoms with E-state index in [1.165, 1.54) is 19.9 Å². The van der Waals surface area contributed by atoms with Crippen molar-refractivity contribution in [1.82, 2.24) is 14.9 Å². The molecule has 1 aliphatic rings. The van der Waals surface area contributed by atoms with Crippen LogP contribution in [0.3, 0.4) is 0 Å². The number of anilines is 1. The molecule has 0 saturated carbocycles. The molecule has 0 radical (unpaired) electrons. The maximum atomic E-state index is 11.7. The van der Waals surface area contributed by atoms with E-state index in [1.807, 2.05) is 0 Å². The van der Waals surface area contributed by atoms with E-state index in [4.69, 9.17) is 4.74 Å². The Morgan fingerprint density at radius 2 is 2.33 bits per heavy atom. The smallest absolute Gasteiger partial charge is 0.295 e. The van der Waals surface area contributed by atoms with Gasteiger partial charge >= 0.3 is 0 Å². The number of aromatic nitrogens is 2. The minimum Gasteiger partial charge on any atom is -0.489 e. The third-order valence-corrected chi connectivity index (χ3v) is 3.42. The highest BCUT2D eigenvalue weighted by atomic mass is 16.5. The summed E-state index contributed by atoms with van der Waals surface area (Å²) in [6.45, 7) is 1.79. The Labute approximate surface area is 107 Å². The summed E-state index contributed by atoms with van der Waals surface area (Å²) in [5, 5.41) is 0. The van der Waals surface area contributed by atoms with E-state index < -0.39 is 0 Å². The fourth-order valence-electron chi connectivity index (χ4n) is 2.36.